The molecule has 0 saturated carbocycles. The minimum atomic E-state index is -0.841. The second-order valence-corrected chi connectivity index (χ2v) is 7.87. The van der Waals surface area contributed by atoms with Crippen molar-refractivity contribution in [3.05, 3.63) is 94.5 Å². The molecule has 1 fully saturated rings. The van der Waals surface area contributed by atoms with Gasteiger partial charge in [0.05, 0.1) is 19.8 Å². The number of hydrogen-bond acceptors (Lipinski definition) is 4. The van der Waals surface area contributed by atoms with Gasteiger partial charge >= 0.3 is 5.91 Å². The first-order valence-corrected chi connectivity index (χ1v) is 10.6. The standard InChI is InChI=1S/C25H22ClN3O4/c1-32-20-13-9-17(10-14-20)24(30)27-22-23(16-7-11-19(26)12-8-16)29(28-25(22)31)15-18-5-3-4-6-21(18)33-2/h3-15,22-23H,1-2H3,(H-,27,28,30,31)/p+1/b29-15-/t22-,23+/m1/s1. The zero-order valence-electron chi connectivity index (χ0n) is 18.1. The van der Waals surface area contributed by atoms with E-state index < -0.39 is 12.1 Å². The number of para-hydroxylation sites is 1. The van der Waals surface area contributed by atoms with Gasteiger partial charge in [0.1, 0.15) is 11.5 Å². The maximum atomic E-state index is 13.0. The van der Waals surface area contributed by atoms with Crippen LogP contribution in [0.1, 0.15) is 27.5 Å². The Hall–Kier alpha value is -3.84. The van der Waals surface area contributed by atoms with E-state index in [1.807, 2.05) is 36.4 Å². The fourth-order valence-electron chi connectivity index (χ4n) is 3.73. The molecule has 2 atom stereocenters. The van der Waals surface area contributed by atoms with Crippen LogP contribution in [0.3, 0.4) is 0 Å². The Bertz CT molecular complexity index is 1190. The van der Waals surface area contributed by atoms with Gasteiger partial charge in [-0.05, 0) is 48.5 Å². The minimum absolute atomic E-state index is 0.331. The molecule has 0 unspecified atom stereocenters. The predicted molar refractivity (Wildman–Crippen MR) is 125 cm³/mol. The summed E-state index contributed by atoms with van der Waals surface area (Å²) in [4.78, 5) is 25.9. The molecule has 7 nitrogen and oxygen atoms in total. The molecule has 33 heavy (non-hydrogen) atoms. The summed E-state index contributed by atoms with van der Waals surface area (Å²) in [7, 11) is 3.14. The Morgan fingerprint density at radius 1 is 1.00 bits per heavy atom. The first-order valence-electron chi connectivity index (χ1n) is 10.3. The van der Waals surface area contributed by atoms with Crippen LogP contribution in [-0.4, -0.2) is 43.0 Å². The third-order valence-electron chi connectivity index (χ3n) is 5.40. The van der Waals surface area contributed by atoms with E-state index in [2.05, 4.69) is 10.7 Å². The highest BCUT2D eigenvalue weighted by atomic mass is 35.5. The van der Waals surface area contributed by atoms with Crippen molar-refractivity contribution in [1.29, 1.82) is 0 Å². The number of methoxy groups -OCH3 is 2. The van der Waals surface area contributed by atoms with E-state index in [1.54, 1.807) is 61.5 Å². The molecule has 1 aliphatic heterocycles. The van der Waals surface area contributed by atoms with Crippen molar-refractivity contribution in [2.45, 2.75) is 12.1 Å². The van der Waals surface area contributed by atoms with Crippen molar-refractivity contribution in [3.8, 4) is 11.5 Å². The zero-order chi connectivity index (χ0) is 23.4. The van der Waals surface area contributed by atoms with Crippen molar-refractivity contribution >= 4 is 29.6 Å². The fraction of sp³-hybridized carbons (Fsp3) is 0.160. The first kappa shape index (κ1) is 22.4. The number of nitrogens with zero attached hydrogens (tertiary/aromatic N) is 1. The Balaban J connectivity index is 1.70. The number of hydrazone groups is 1. The molecule has 0 radical (unpaired) electrons. The van der Waals surface area contributed by atoms with Crippen LogP contribution in [0.25, 0.3) is 0 Å². The molecular weight excluding hydrogens is 442 g/mol. The van der Waals surface area contributed by atoms with Crippen molar-refractivity contribution in [1.82, 2.24) is 10.7 Å². The van der Waals surface area contributed by atoms with Crippen LogP contribution in [-0.2, 0) is 4.79 Å². The second-order valence-electron chi connectivity index (χ2n) is 7.43. The summed E-state index contributed by atoms with van der Waals surface area (Å²) in [5.74, 6) is 0.605. The summed E-state index contributed by atoms with van der Waals surface area (Å²) in [6.07, 6.45) is 1.79. The molecule has 0 aliphatic carbocycles. The molecule has 0 spiro atoms. The maximum absolute atomic E-state index is 13.0. The van der Waals surface area contributed by atoms with Gasteiger partial charge in [-0.25, -0.2) is 0 Å². The SMILES string of the molecule is COc1ccc(C(=O)N[C@H]2C(=O)N/[N+](=C\c3ccccc3OC)[C@H]2c2ccc(Cl)cc2)cc1. The van der Waals surface area contributed by atoms with Gasteiger partial charge in [0, 0.05) is 16.1 Å². The van der Waals surface area contributed by atoms with Crippen LogP contribution >= 0.6 is 11.6 Å². The second kappa shape index (κ2) is 9.75. The number of carbonyl (C=O) groups excluding carboxylic acids is 2. The average Bonchev–Trinajstić information content (AvgIpc) is 3.14. The lowest BCUT2D eigenvalue weighted by molar-refractivity contribution is -0.596. The molecule has 4 rings (SSSR count). The van der Waals surface area contributed by atoms with Gasteiger partial charge in [-0.3, -0.25) is 9.59 Å². The highest BCUT2D eigenvalue weighted by Gasteiger charge is 2.47. The molecule has 0 bridgehead atoms. The van der Waals surface area contributed by atoms with Crippen LogP contribution < -0.4 is 20.2 Å². The Morgan fingerprint density at radius 3 is 2.36 bits per heavy atom. The van der Waals surface area contributed by atoms with Gasteiger partial charge in [0.25, 0.3) is 5.91 Å². The molecular formula is C25H23ClN3O4+. The molecule has 2 N–H and O–H groups in total. The number of ether oxygens (including phenoxy) is 2. The van der Waals surface area contributed by atoms with Crippen LogP contribution in [0.15, 0.2) is 72.8 Å². The maximum Gasteiger partial charge on any atom is 0.304 e. The molecule has 1 heterocycles. The molecule has 2 amide bonds. The van der Waals surface area contributed by atoms with Crippen molar-refractivity contribution < 1.29 is 23.7 Å². The number of hydrogen-bond donors (Lipinski definition) is 2. The lowest BCUT2D eigenvalue weighted by Crippen LogP contribution is -2.42. The largest absolute Gasteiger partial charge is 0.497 e. The molecule has 0 aromatic heterocycles. The van der Waals surface area contributed by atoms with Crippen LogP contribution in [0.5, 0.6) is 11.5 Å². The van der Waals surface area contributed by atoms with E-state index in [-0.39, 0.29) is 11.8 Å². The molecule has 3 aromatic rings. The number of halogens is 1. The number of benzene rings is 3. The monoisotopic (exact) mass is 464 g/mol. The topological polar surface area (TPSA) is 79.7 Å². The van der Waals surface area contributed by atoms with Gasteiger partial charge in [-0.1, -0.05) is 35.9 Å². The first-order chi connectivity index (χ1) is 16.0. The zero-order valence-corrected chi connectivity index (χ0v) is 18.9. The van der Waals surface area contributed by atoms with Gasteiger partial charge in [0.15, 0.2) is 6.04 Å². The lowest BCUT2D eigenvalue weighted by atomic mass is 9.99. The average molecular weight is 465 g/mol. The third kappa shape index (κ3) is 4.83. The molecule has 1 aliphatic rings. The Labute approximate surface area is 196 Å². The summed E-state index contributed by atoms with van der Waals surface area (Å²) in [6, 6.07) is 20.0. The highest BCUT2D eigenvalue weighted by molar-refractivity contribution is 6.30. The molecule has 3 aromatic carbocycles. The van der Waals surface area contributed by atoms with E-state index in [0.717, 1.165) is 11.1 Å². The minimum Gasteiger partial charge on any atom is -0.497 e. The highest BCUT2D eigenvalue weighted by Crippen LogP contribution is 2.27. The summed E-state index contributed by atoms with van der Waals surface area (Å²) in [5.41, 5.74) is 4.87. The smallest absolute Gasteiger partial charge is 0.304 e. The van der Waals surface area contributed by atoms with Crippen molar-refractivity contribution in [2.24, 2.45) is 0 Å². The van der Waals surface area contributed by atoms with E-state index in [9.17, 15) is 9.59 Å². The van der Waals surface area contributed by atoms with E-state index in [1.165, 1.54) is 0 Å². The fourth-order valence-corrected chi connectivity index (χ4v) is 3.86. The normalized spacial score (nSPS) is 18.6. The number of amides is 2. The van der Waals surface area contributed by atoms with Crippen molar-refractivity contribution in [2.75, 3.05) is 14.2 Å². The summed E-state index contributed by atoms with van der Waals surface area (Å²) < 4.78 is 12.3. The van der Waals surface area contributed by atoms with Gasteiger partial charge < -0.3 is 14.8 Å². The lowest BCUT2D eigenvalue weighted by Gasteiger charge is -2.15. The Kier molecular flexibility index (Phi) is 6.60. The van der Waals surface area contributed by atoms with Crippen LogP contribution in [0, 0.1) is 0 Å². The summed E-state index contributed by atoms with van der Waals surface area (Å²) >= 11 is 6.08. The van der Waals surface area contributed by atoms with Crippen molar-refractivity contribution in [3.63, 3.8) is 0 Å². The Morgan fingerprint density at radius 2 is 1.70 bits per heavy atom. The summed E-state index contributed by atoms with van der Waals surface area (Å²) in [6.45, 7) is 0. The van der Waals surface area contributed by atoms with Crippen LogP contribution in [0.4, 0.5) is 0 Å². The predicted octanol–water partition coefficient (Wildman–Crippen LogP) is 3.37. The van der Waals surface area contributed by atoms with Gasteiger partial charge in [0.2, 0.25) is 12.3 Å². The van der Waals surface area contributed by atoms with Gasteiger partial charge in [-0.2, -0.15) is 0 Å². The molecule has 8 heteroatoms. The molecule has 1 saturated heterocycles. The van der Waals surface area contributed by atoms with E-state index in [0.29, 0.717) is 22.1 Å². The summed E-state index contributed by atoms with van der Waals surface area (Å²) in [5, 5.41) is 3.45. The number of rotatable bonds is 6. The van der Waals surface area contributed by atoms with E-state index in [4.69, 9.17) is 21.1 Å². The molecule has 168 valence electrons. The van der Waals surface area contributed by atoms with Crippen LogP contribution in [0.2, 0.25) is 5.02 Å². The number of hydrazine groups is 1. The third-order valence-corrected chi connectivity index (χ3v) is 5.66. The van der Waals surface area contributed by atoms with E-state index >= 15 is 0 Å². The quantitative estimate of drug-likeness (QED) is 0.548. The number of nitrogens with one attached hydrogen (secondary N) is 2. The number of carbonyl (C=O) groups is 2. The van der Waals surface area contributed by atoms with Gasteiger partial charge in [-0.15, -0.1) is 10.1 Å².